The van der Waals surface area contributed by atoms with Crippen LogP contribution in [0, 0.1) is 0 Å². The van der Waals surface area contributed by atoms with E-state index in [1.807, 2.05) is 0 Å². The van der Waals surface area contributed by atoms with E-state index in [2.05, 4.69) is 162 Å². The van der Waals surface area contributed by atoms with Gasteiger partial charge < -0.3 is 4.57 Å². The summed E-state index contributed by atoms with van der Waals surface area (Å²) in [5.41, 5.74) is 11.7. The van der Waals surface area contributed by atoms with Gasteiger partial charge in [0.1, 0.15) is 0 Å². The molecule has 47 heavy (non-hydrogen) atoms. The van der Waals surface area contributed by atoms with E-state index in [9.17, 15) is 0 Å². The van der Waals surface area contributed by atoms with Crippen LogP contribution in [0.4, 0.5) is 0 Å². The highest BCUT2D eigenvalue weighted by molar-refractivity contribution is 6.14. The zero-order valence-electron chi connectivity index (χ0n) is 25.9. The van der Waals surface area contributed by atoms with Gasteiger partial charge in [-0.3, -0.25) is 4.57 Å². The standard InChI is InChI=1S/C43H30N4/c1-27-26-30-15-9-10-18-32(30)38-35-22-23-37-34(24-25-46(37)31-16-6-3-7-17-31)42(35)47(41(27)38)43-44-39(29-13-4-2-5-14-29)36-21-20-28-12-8-11-19-33(28)40(36)45-43/h2-25,27H,26H2,1H3. The van der Waals surface area contributed by atoms with E-state index < -0.39 is 0 Å². The molecule has 10 rings (SSSR count). The van der Waals surface area contributed by atoms with E-state index in [4.69, 9.17) is 9.97 Å². The molecule has 0 fully saturated rings. The molecule has 0 N–H and O–H groups in total. The van der Waals surface area contributed by atoms with Crippen LogP contribution >= 0.6 is 0 Å². The van der Waals surface area contributed by atoms with Crippen LogP contribution in [0.15, 0.2) is 146 Å². The molecule has 1 aliphatic rings. The number of hydrogen-bond donors (Lipinski definition) is 0. The topological polar surface area (TPSA) is 35.6 Å². The average molecular weight is 603 g/mol. The minimum atomic E-state index is 0.269. The summed E-state index contributed by atoms with van der Waals surface area (Å²) in [4.78, 5) is 11.0. The molecule has 3 aromatic heterocycles. The zero-order chi connectivity index (χ0) is 31.1. The van der Waals surface area contributed by atoms with Crippen molar-refractivity contribution < 1.29 is 0 Å². The van der Waals surface area contributed by atoms with Gasteiger partial charge in [-0.25, -0.2) is 9.97 Å². The first-order valence-corrected chi connectivity index (χ1v) is 16.3. The van der Waals surface area contributed by atoms with Crippen molar-refractivity contribution in [1.82, 2.24) is 19.1 Å². The molecule has 0 bridgehead atoms. The predicted molar refractivity (Wildman–Crippen MR) is 194 cm³/mol. The highest BCUT2D eigenvalue weighted by Gasteiger charge is 2.32. The van der Waals surface area contributed by atoms with Crippen LogP contribution in [0.2, 0.25) is 0 Å². The van der Waals surface area contributed by atoms with Crippen molar-refractivity contribution in [3.05, 3.63) is 157 Å². The van der Waals surface area contributed by atoms with Crippen molar-refractivity contribution in [2.45, 2.75) is 19.3 Å². The fraction of sp³-hybridized carbons (Fsp3) is 0.0698. The quantitative estimate of drug-likeness (QED) is 0.189. The van der Waals surface area contributed by atoms with Crippen molar-refractivity contribution in [2.24, 2.45) is 0 Å². The van der Waals surface area contributed by atoms with E-state index in [1.165, 1.54) is 38.5 Å². The highest BCUT2D eigenvalue weighted by atomic mass is 15.2. The monoisotopic (exact) mass is 602 g/mol. The summed E-state index contributed by atoms with van der Waals surface area (Å²) in [5.74, 6) is 0.982. The number of hydrogen-bond acceptors (Lipinski definition) is 2. The second-order valence-corrected chi connectivity index (χ2v) is 12.7. The molecule has 3 heterocycles. The fourth-order valence-corrected chi connectivity index (χ4v) is 7.92. The first-order valence-electron chi connectivity index (χ1n) is 16.3. The Bertz CT molecular complexity index is 2660. The molecule has 0 radical (unpaired) electrons. The molecule has 4 nitrogen and oxygen atoms in total. The summed E-state index contributed by atoms with van der Waals surface area (Å²) in [7, 11) is 0. The Kier molecular flexibility index (Phi) is 5.58. The van der Waals surface area contributed by atoms with Crippen LogP contribution in [0.25, 0.3) is 77.5 Å². The minimum absolute atomic E-state index is 0.269. The molecular formula is C43H30N4. The van der Waals surface area contributed by atoms with E-state index in [-0.39, 0.29) is 5.92 Å². The molecule has 4 heteroatoms. The van der Waals surface area contributed by atoms with Gasteiger partial charge in [-0.1, -0.05) is 116 Å². The van der Waals surface area contributed by atoms with Gasteiger partial charge in [0.15, 0.2) is 0 Å². The van der Waals surface area contributed by atoms with Crippen LogP contribution in [0.5, 0.6) is 0 Å². The van der Waals surface area contributed by atoms with Gasteiger partial charge in [-0.05, 0) is 53.3 Å². The van der Waals surface area contributed by atoms with Crippen LogP contribution in [-0.4, -0.2) is 19.1 Å². The predicted octanol–water partition coefficient (Wildman–Crippen LogP) is 10.7. The van der Waals surface area contributed by atoms with Crippen molar-refractivity contribution in [2.75, 3.05) is 0 Å². The summed E-state index contributed by atoms with van der Waals surface area (Å²) in [5, 5.41) is 5.79. The lowest BCUT2D eigenvalue weighted by atomic mass is 9.82. The third-order valence-corrected chi connectivity index (χ3v) is 9.97. The molecule has 0 spiro atoms. The van der Waals surface area contributed by atoms with E-state index in [0.717, 1.165) is 50.7 Å². The molecule has 1 atom stereocenters. The highest BCUT2D eigenvalue weighted by Crippen LogP contribution is 2.48. The molecule has 1 unspecified atom stereocenters. The Morgan fingerprint density at radius 3 is 2.23 bits per heavy atom. The smallest absolute Gasteiger partial charge is 0.235 e. The van der Waals surface area contributed by atoms with Gasteiger partial charge >= 0.3 is 0 Å². The van der Waals surface area contributed by atoms with Gasteiger partial charge in [0.25, 0.3) is 0 Å². The van der Waals surface area contributed by atoms with Crippen LogP contribution in [0.1, 0.15) is 24.1 Å². The second kappa shape index (κ2) is 10.0. The van der Waals surface area contributed by atoms with Gasteiger partial charge in [0, 0.05) is 56.2 Å². The molecule has 1 aliphatic carbocycles. The summed E-state index contributed by atoms with van der Waals surface area (Å²) in [6.45, 7) is 2.35. The molecule has 0 saturated carbocycles. The molecular weight excluding hydrogens is 573 g/mol. The van der Waals surface area contributed by atoms with Crippen molar-refractivity contribution in [3.63, 3.8) is 0 Å². The third kappa shape index (κ3) is 3.82. The maximum absolute atomic E-state index is 5.50. The van der Waals surface area contributed by atoms with Gasteiger partial charge in [0.2, 0.25) is 5.95 Å². The summed E-state index contributed by atoms with van der Waals surface area (Å²) >= 11 is 0. The second-order valence-electron chi connectivity index (χ2n) is 12.7. The lowest BCUT2D eigenvalue weighted by molar-refractivity contribution is 0.698. The number of rotatable bonds is 3. The lowest BCUT2D eigenvalue weighted by Crippen LogP contribution is -2.14. The van der Waals surface area contributed by atoms with Crippen LogP contribution in [0.3, 0.4) is 0 Å². The molecule has 0 amide bonds. The Morgan fingerprint density at radius 2 is 1.36 bits per heavy atom. The number of fused-ring (bicyclic) bond motifs is 10. The van der Waals surface area contributed by atoms with Gasteiger partial charge in [0.05, 0.1) is 22.2 Å². The van der Waals surface area contributed by atoms with E-state index >= 15 is 0 Å². The number of nitrogens with zero attached hydrogens (tertiary/aromatic N) is 4. The summed E-state index contributed by atoms with van der Waals surface area (Å²) in [6, 6.07) is 49.8. The van der Waals surface area contributed by atoms with E-state index in [1.54, 1.807) is 0 Å². The Morgan fingerprint density at radius 1 is 0.617 bits per heavy atom. The maximum Gasteiger partial charge on any atom is 0.235 e. The van der Waals surface area contributed by atoms with E-state index in [0.29, 0.717) is 5.95 Å². The normalized spacial score (nSPS) is 14.2. The summed E-state index contributed by atoms with van der Waals surface area (Å²) < 4.78 is 4.68. The number of aromatic nitrogens is 4. The Labute approximate surface area is 272 Å². The van der Waals surface area contributed by atoms with Crippen molar-refractivity contribution >= 4 is 43.5 Å². The SMILES string of the molecule is CC1Cc2ccccc2-c2c1n(-c1nc(-c3ccccc3)c3ccc4ccccc4c3n1)c1c2ccc2c1ccn2-c1ccccc1. The number of para-hydroxylation sites is 1. The zero-order valence-corrected chi connectivity index (χ0v) is 25.9. The van der Waals surface area contributed by atoms with Crippen LogP contribution < -0.4 is 0 Å². The molecule has 6 aromatic carbocycles. The third-order valence-electron chi connectivity index (χ3n) is 9.97. The fourth-order valence-electron chi connectivity index (χ4n) is 7.92. The molecule has 0 saturated heterocycles. The minimum Gasteiger partial charge on any atom is -0.316 e. The maximum atomic E-state index is 5.50. The van der Waals surface area contributed by atoms with Gasteiger partial charge in [-0.2, -0.15) is 0 Å². The Balaban J connectivity index is 1.38. The first-order chi connectivity index (χ1) is 23.2. The molecule has 222 valence electrons. The largest absolute Gasteiger partial charge is 0.316 e. The lowest BCUT2D eigenvalue weighted by Gasteiger charge is -2.25. The van der Waals surface area contributed by atoms with Crippen molar-refractivity contribution in [1.29, 1.82) is 0 Å². The Hall–Kier alpha value is -6.00. The van der Waals surface area contributed by atoms with Crippen molar-refractivity contribution in [3.8, 4) is 34.0 Å². The van der Waals surface area contributed by atoms with Gasteiger partial charge in [-0.15, -0.1) is 0 Å². The summed E-state index contributed by atoms with van der Waals surface area (Å²) in [6.07, 6.45) is 3.16. The first kappa shape index (κ1) is 26.2. The molecule has 0 aliphatic heterocycles. The molecule has 9 aromatic rings. The number of benzene rings is 6. The average Bonchev–Trinajstić information content (AvgIpc) is 3.72. The van der Waals surface area contributed by atoms with Crippen LogP contribution in [-0.2, 0) is 6.42 Å².